The van der Waals surface area contributed by atoms with Crippen molar-refractivity contribution in [2.75, 3.05) is 11.4 Å². The Hall–Kier alpha value is -0.890. The molecule has 0 amide bonds. The molecule has 0 saturated carbocycles. The van der Waals surface area contributed by atoms with E-state index in [0.29, 0.717) is 14.4 Å². The summed E-state index contributed by atoms with van der Waals surface area (Å²) in [4.78, 5) is 0.786. The summed E-state index contributed by atoms with van der Waals surface area (Å²) in [6.07, 6.45) is 0. The molecular formula is C14H16BrNO3S2. The van der Waals surface area contributed by atoms with Gasteiger partial charge in [-0.25, -0.2) is 8.42 Å². The Labute approximate surface area is 137 Å². The highest BCUT2D eigenvalue weighted by atomic mass is 79.9. The highest BCUT2D eigenvalue weighted by molar-refractivity contribution is 9.11. The maximum absolute atomic E-state index is 12.7. The number of rotatable bonds is 4. The fraction of sp³-hybridized carbons (Fsp3) is 0.286. The summed E-state index contributed by atoms with van der Waals surface area (Å²) in [5, 5.41) is 9.15. The minimum absolute atomic E-state index is 0.175. The van der Waals surface area contributed by atoms with Crippen LogP contribution in [-0.4, -0.2) is 20.6 Å². The largest absolute Gasteiger partial charge is 0.391 e. The molecule has 2 aromatic rings. The van der Waals surface area contributed by atoms with Crippen molar-refractivity contribution >= 4 is 43.0 Å². The van der Waals surface area contributed by atoms with Crippen molar-refractivity contribution in [3.63, 3.8) is 0 Å². The maximum atomic E-state index is 12.7. The molecule has 4 nitrogen and oxygen atoms in total. The summed E-state index contributed by atoms with van der Waals surface area (Å²) in [5.74, 6) is 0. The fourth-order valence-corrected chi connectivity index (χ4v) is 5.84. The van der Waals surface area contributed by atoms with Gasteiger partial charge in [-0.3, -0.25) is 4.31 Å². The zero-order valence-electron chi connectivity index (χ0n) is 11.9. The van der Waals surface area contributed by atoms with Gasteiger partial charge in [0.1, 0.15) is 4.90 Å². The Morgan fingerprint density at radius 2 is 1.95 bits per heavy atom. The van der Waals surface area contributed by atoms with Gasteiger partial charge in [-0.2, -0.15) is 0 Å². The van der Waals surface area contributed by atoms with Crippen LogP contribution in [0.15, 0.2) is 32.9 Å². The molecule has 0 fully saturated rings. The average molecular weight is 390 g/mol. The highest BCUT2D eigenvalue weighted by Crippen LogP contribution is 2.35. The summed E-state index contributed by atoms with van der Waals surface area (Å²) in [6, 6.07) is 7.14. The zero-order chi connectivity index (χ0) is 15.8. The van der Waals surface area contributed by atoms with Crippen LogP contribution in [-0.2, 0) is 16.6 Å². The first-order valence-corrected chi connectivity index (χ1v) is 9.27. The summed E-state index contributed by atoms with van der Waals surface area (Å²) < 4.78 is 27.3. The van der Waals surface area contributed by atoms with Gasteiger partial charge in [0.2, 0.25) is 0 Å². The summed E-state index contributed by atoms with van der Waals surface area (Å²) in [6.45, 7) is 3.68. The van der Waals surface area contributed by atoms with E-state index in [-0.39, 0.29) is 11.5 Å². The van der Waals surface area contributed by atoms with Crippen molar-refractivity contribution in [3.8, 4) is 0 Å². The second-order valence-corrected chi connectivity index (χ2v) is 9.16. The number of benzene rings is 1. The van der Waals surface area contributed by atoms with E-state index in [2.05, 4.69) is 15.9 Å². The fourth-order valence-electron chi connectivity index (χ4n) is 2.09. The van der Waals surface area contributed by atoms with Crippen LogP contribution in [0.3, 0.4) is 0 Å². The number of hydrogen-bond acceptors (Lipinski definition) is 4. The van der Waals surface area contributed by atoms with Gasteiger partial charge < -0.3 is 5.11 Å². The molecule has 0 saturated heterocycles. The number of anilines is 1. The normalized spacial score (nSPS) is 11.7. The van der Waals surface area contributed by atoms with Gasteiger partial charge in [0.25, 0.3) is 10.0 Å². The van der Waals surface area contributed by atoms with E-state index in [1.165, 1.54) is 28.8 Å². The zero-order valence-corrected chi connectivity index (χ0v) is 15.1. The van der Waals surface area contributed by atoms with E-state index in [9.17, 15) is 8.42 Å². The van der Waals surface area contributed by atoms with E-state index < -0.39 is 10.0 Å². The van der Waals surface area contributed by atoms with Gasteiger partial charge in [0.15, 0.2) is 0 Å². The molecule has 0 spiro atoms. The number of aryl methyl sites for hydroxylation is 2. The number of aliphatic hydroxyl groups excluding tert-OH is 1. The first-order chi connectivity index (χ1) is 9.77. The standard InChI is InChI=1S/C14H16BrNO3S2/c1-9-4-5-12(10(2)6-9)16(3)21(18,19)13-7-11(8-17)20-14(13)15/h4-7,17H,8H2,1-3H3. The molecule has 2 rings (SSSR count). The summed E-state index contributed by atoms with van der Waals surface area (Å²) in [7, 11) is -2.12. The van der Waals surface area contributed by atoms with Gasteiger partial charge in [-0.15, -0.1) is 11.3 Å². The van der Waals surface area contributed by atoms with Crippen LogP contribution in [0.1, 0.15) is 16.0 Å². The third-order valence-electron chi connectivity index (χ3n) is 3.19. The molecular weight excluding hydrogens is 374 g/mol. The van der Waals surface area contributed by atoms with Crippen molar-refractivity contribution < 1.29 is 13.5 Å². The minimum atomic E-state index is -3.66. The number of halogens is 1. The van der Waals surface area contributed by atoms with E-state index >= 15 is 0 Å². The lowest BCUT2D eigenvalue weighted by molar-refractivity contribution is 0.285. The Bertz CT molecular complexity index is 769. The predicted octanol–water partition coefficient (Wildman–Crippen LogP) is 3.44. The van der Waals surface area contributed by atoms with Gasteiger partial charge in [-0.05, 0) is 47.5 Å². The Morgan fingerprint density at radius 3 is 2.48 bits per heavy atom. The maximum Gasteiger partial charge on any atom is 0.266 e. The van der Waals surface area contributed by atoms with Crippen LogP contribution in [0.4, 0.5) is 5.69 Å². The molecule has 0 aliphatic rings. The molecule has 0 unspecified atom stereocenters. The first-order valence-electron chi connectivity index (χ1n) is 6.22. The van der Waals surface area contributed by atoms with Gasteiger partial charge in [0, 0.05) is 11.9 Å². The average Bonchev–Trinajstić information content (AvgIpc) is 2.80. The molecule has 0 aliphatic carbocycles. The Kier molecular flexibility index (Phi) is 4.77. The van der Waals surface area contributed by atoms with E-state index in [1.807, 2.05) is 26.0 Å². The van der Waals surface area contributed by atoms with Crippen molar-refractivity contribution in [3.05, 3.63) is 44.1 Å². The molecule has 1 aromatic carbocycles. The number of aliphatic hydroxyl groups is 1. The Balaban J connectivity index is 2.49. The van der Waals surface area contributed by atoms with Crippen LogP contribution in [0, 0.1) is 13.8 Å². The molecule has 21 heavy (non-hydrogen) atoms. The number of hydrogen-bond donors (Lipinski definition) is 1. The highest BCUT2D eigenvalue weighted by Gasteiger charge is 2.26. The number of nitrogens with zero attached hydrogens (tertiary/aromatic N) is 1. The van der Waals surface area contributed by atoms with Gasteiger partial charge in [-0.1, -0.05) is 17.7 Å². The predicted molar refractivity (Wildman–Crippen MR) is 89.4 cm³/mol. The van der Waals surface area contributed by atoms with Crippen molar-refractivity contribution in [1.29, 1.82) is 0 Å². The lowest BCUT2D eigenvalue weighted by atomic mass is 10.1. The minimum Gasteiger partial charge on any atom is -0.391 e. The van der Waals surface area contributed by atoms with E-state index in [0.717, 1.165) is 11.1 Å². The molecule has 0 atom stereocenters. The van der Waals surface area contributed by atoms with Crippen molar-refractivity contribution in [1.82, 2.24) is 0 Å². The summed E-state index contributed by atoms with van der Waals surface area (Å²) in [5.41, 5.74) is 2.63. The quantitative estimate of drug-likeness (QED) is 0.870. The molecule has 0 bridgehead atoms. The SMILES string of the molecule is Cc1ccc(N(C)S(=O)(=O)c2cc(CO)sc2Br)c(C)c1. The molecule has 1 aromatic heterocycles. The summed E-state index contributed by atoms with van der Waals surface area (Å²) >= 11 is 4.49. The monoisotopic (exact) mass is 389 g/mol. The van der Waals surface area contributed by atoms with Crippen LogP contribution in [0.2, 0.25) is 0 Å². The van der Waals surface area contributed by atoms with Crippen LogP contribution in [0.25, 0.3) is 0 Å². The topological polar surface area (TPSA) is 57.6 Å². The van der Waals surface area contributed by atoms with Crippen LogP contribution < -0.4 is 4.31 Å². The Morgan fingerprint density at radius 1 is 1.29 bits per heavy atom. The second kappa shape index (κ2) is 6.08. The van der Waals surface area contributed by atoms with Gasteiger partial charge >= 0.3 is 0 Å². The third-order valence-corrected chi connectivity index (χ3v) is 7.20. The third kappa shape index (κ3) is 3.15. The molecule has 1 heterocycles. The molecule has 0 aliphatic heterocycles. The van der Waals surface area contributed by atoms with Crippen molar-refractivity contribution in [2.24, 2.45) is 0 Å². The number of thiophene rings is 1. The second-order valence-electron chi connectivity index (χ2n) is 4.77. The molecule has 0 radical (unpaired) electrons. The molecule has 114 valence electrons. The lowest BCUT2D eigenvalue weighted by Gasteiger charge is -2.21. The van der Waals surface area contributed by atoms with Gasteiger partial charge in [0.05, 0.1) is 16.1 Å². The smallest absolute Gasteiger partial charge is 0.266 e. The lowest BCUT2D eigenvalue weighted by Crippen LogP contribution is -2.27. The van der Waals surface area contributed by atoms with E-state index in [4.69, 9.17) is 5.11 Å². The first kappa shape index (κ1) is 16.5. The molecule has 1 N–H and O–H groups in total. The van der Waals surface area contributed by atoms with Crippen LogP contribution in [0.5, 0.6) is 0 Å². The van der Waals surface area contributed by atoms with Crippen molar-refractivity contribution in [2.45, 2.75) is 25.3 Å². The van der Waals surface area contributed by atoms with E-state index in [1.54, 1.807) is 6.07 Å². The van der Waals surface area contributed by atoms with Crippen LogP contribution >= 0.6 is 27.3 Å². The number of sulfonamides is 1. The molecule has 7 heteroatoms.